The van der Waals surface area contributed by atoms with Gasteiger partial charge in [0, 0.05) is 0 Å². The molecule has 0 radical (unpaired) electrons. The van der Waals surface area contributed by atoms with Gasteiger partial charge in [-0.1, -0.05) is 38.1 Å². The number of benzene rings is 2. The summed E-state index contributed by atoms with van der Waals surface area (Å²) in [6.07, 6.45) is 0.327. The molecule has 2 N–H and O–H groups in total. The number of ether oxygens (including phenoxy) is 1. The van der Waals surface area contributed by atoms with E-state index in [1.165, 1.54) is 0 Å². The molecule has 0 fully saturated rings. The molecule has 1 heterocycles. The highest BCUT2D eigenvalue weighted by Crippen LogP contribution is 2.22. The van der Waals surface area contributed by atoms with Crippen LogP contribution in [-0.4, -0.2) is 23.0 Å². The monoisotopic (exact) mass is 337 g/mol. The maximum absolute atomic E-state index is 12.5. The number of aromatic nitrogens is 2. The van der Waals surface area contributed by atoms with Crippen molar-refractivity contribution < 1.29 is 9.53 Å². The summed E-state index contributed by atoms with van der Waals surface area (Å²) in [5.41, 5.74) is 2.84. The average molecular weight is 337 g/mol. The van der Waals surface area contributed by atoms with Gasteiger partial charge in [-0.3, -0.25) is 4.79 Å². The van der Waals surface area contributed by atoms with Crippen LogP contribution in [0.25, 0.3) is 11.0 Å². The number of methoxy groups -OCH3 is 1. The van der Waals surface area contributed by atoms with Crippen molar-refractivity contribution in [1.29, 1.82) is 0 Å². The summed E-state index contributed by atoms with van der Waals surface area (Å²) in [5.74, 6) is 1.77. The summed E-state index contributed by atoms with van der Waals surface area (Å²) < 4.78 is 5.14. The molecule has 0 spiro atoms. The summed E-state index contributed by atoms with van der Waals surface area (Å²) in [6, 6.07) is 15.3. The van der Waals surface area contributed by atoms with Gasteiger partial charge < -0.3 is 15.0 Å². The molecular weight excluding hydrogens is 314 g/mol. The highest BCUT2D eigenvalue weighted by molar-refractivity contribution is 5.79. The molecule has 0 unspecified atom stereocenters. The number of fused-ring (bicyclic) bond motifs is 1. The van der Waals surface area contributed by atoms with E-state index in [0.29, 0.717) is 6.42 Å². The van der Waals surface area contributed by atoms with Gasteiger partial charge >= 0.3 is 0 Å². The molecular formula is C20H23N3O2. The van der Waals surface area contributed by atoms with Gasteiger partial charge in [-0.05, 0) is 35.7 Å². The van der Waals surface area contributed by atoms with Crippen LogP contribution in [0.3, 0.4) is 0 Å². The van der Waals surface area contributed by atoms with Gasteiger partial charge in [0.15, 0.2) is 0 Å². The lowest BCUT2D eigenvalue weighted by Crippen LogP contribution is -2.33. The Bertz CT molecular complexity index is 820. The first kappa shape index (κ1) is 17.0. The Labute approximate surface area is 147 Å². The number of rotatable bonds is 6. The molecule has 0 aliphatic rings. The fraction of sp³-hybridized carbons (Fsp3) is 0.300. The van der Waals surface area contributed by atoms with Crippen LogP contribution in [-0.2, 0) is 11.2 Å². The minimum atomic E-state index is -0.154. The van der Waals surface area contributed by atoms with E-state index in [0.717, 1.165) is 28.2 Å². The minimum Gasteiger partial charge on any atom is -0.497 e. The fourth-order valence-corrected chi connectivity index (χ4v) is 2.82. The van der Waals surface area contributed by atoms with Gasteiger partial charge in [-0.2, -0.15) is 0 Å². The SMILES string of the molecule is COc1ccc(CC(=O)N[C@@H](c2nc3ccccc3[nH]2)C(C)C)cc1. The predicted octanol–water partition coefficient (Wildman–Crippen LogP) is 3.63. The van der Waals surface area contributed by atoms with Crippen molar-refractivity contribution in [3.05, 3.63) is 59.9 Å². The first-order valence-corrected chi connectivity index (χ1v) is 8.43. The zero-order valence-electron chi connectivity index (χ0n) is 14.7. The van der Waals surface area contributed by atoms with Gasteiger partial charge in [-0.15, -0.1) is 0 Å². The minimum absolute atomic E-state index is 0.0238. The van der Waals surface area contributed by atoms with Crippen LogP contribution in [0.1, 0.15) is 31.3 Å². The lowest BCUT2D eigenvalue weighted by Gasteiger charge is -2.20. The summed E-state index contributed by atoms with van der Waals surface area (Å²) in [5, 5.41) is 3.11. The van der Waals surface area contributed by atoms with E-state index in [9.17, 15) is 4.79 Å². The van der Waals surface area contributed by atoms with Crippen molar-refractivity contribution >= 4 is 16.9 Å². The van der Waals surface area contributed by atoms with Crippen molar-refractivity contribution in [2.24, 2.45) is 5.92 Å². The van der Waals surface area contributed by atoms with Crippen molar-refractivity contribution in [2.75, 3.05) is 7.11 Å². The van der Waals surface area contributed by atoms with Gasteiger partial charge in [-0.25, -0.2) is 4.98 Å². The lowest BCUT2D eigenvalue weighted by molar-refractivity contribution is -0.121. The highest BCUT2D eigenvalue weighted by atomic mass is 16.5. The molecule has 5 nitrogen and oxygen atoms in total. The Morgan fingerprint density at radius 2 is 1.88 bits per heavy atom. The van der Waals surface area contributed by atoms with Crippen LogP contribution in [0.2, 0.25) is 0 Å². The van der Waals surface area contributed by atoms with E-state index in [2.05, 4.69) is 29.1 Å². The van der Waals surface area contributed by atoms with Crippen LogP contribution in [0.4, 0.5) is 0 Å². The Morgan fingerprint density at radius 1 is 1.16 bits per heavy atom. The number of amides is 1. The maximum Gasteiger partial charge on any atom is 0.225 e. The van der Waals surface area contributed by atoms with Gasteiger partial charge in [0.25, 0.3) is 0 Å². The summed E-state index contributed by atoms with van der Waals surface area (Å²) in [4.78, 5) is 20.4. The van der Waals surface area contributed by atoms with Crippen LogP contribution in [0.15, 0.2) is 48.5 Å². The second kappa shape index (κ2) is 7.38. The fourth-order valence-electron chi connectivity index (χ4n) is 2.82. The number of nitrogens with zero attached hydrogens (tertiary/aromatic N) is 1. The number of aromatic amines is 1. The third-order valence-corrected chi connectivity index (χ3v) is 4.21. The number of para-hydroxylation sites is 2. The number of carbonyl (C=O) groups excluding carboxylic acids is 1. The summed E-state index contributed by atoms with van der Waals surface area (Å²) in [7, 11) is 1.63. The number of hydrogen-bond acceptors (Lipinski definition) is 3. The molecule has 3 rings (SSSR count). The molecule has 130 valence electrons. The molecule has 0 aliphatic carbocycles. The first-order chi connectivity index (χ1) is 12.1. The highest BCUT2D eigenvalue weighted by Gasteiger charge is 2.21. The zero-order chi connectivity index (χ0) is 17.8. The third-order valence-electron chi connectivity index (χ3n) is 4.21. The molecule has 1 amide bonds. The topological polar surface area (TPSA) is 67.0 Å². The van der Waals surface area contributed by atoms with Crippen LogP contribution in [0, 0.1) is 5.92 Å². The second-order valence-corrected chi connectivity index (χ2v) is 6.45. The van der Waals surface area contributed by atoms with Crippen molar-refractivity contribution in [3.63, 3.8) is 0 Å². The number of H-pyrrole nitrogens is 1. The van der Waals surface area contributed by atoms with Gasteiger partial charge in [0.2, 0.25) is 5.91 Å². The van der Waals surface area contributed by atoms with E-state index < -0.39 is 0 Å². The molecule has 1 atom stereocenters. The molecule has 2 aromatic carbocycles. The average Bonchev–Trinajstić information content (AvgIpc) is 3.03. The number of imidazole rings is 1. The van der Waals surface area contributed by atoms with Crippen LogP contribution in [0.5, 0.6) is 5.75 Å². The first-order valence-electron chi connectivity index (χ1n) is 8.43. The van der Waals surface area contributed by atoms with Crippen molar-refractivity contribution in [3.8, 4) is 5.75 Å². The largest absolute Gasteiger partial charge is 0.497 e. The van der Waals surface area contributed by atoms with Crippen LogP contribution >= 0.6 is 0 Å². The van der Waals surface area contributed by atoms with E-state index in [1.807, 2.05) is 48.5 Å². The van der Waals surface area contributed by atoms with Crippen molar-refractivity contribution in [1.82, 2.24) is 15.3 Å². The molecule has 5 heteroatoms. The van der Waals surface area contributed by atoms with E-state index in [-0.39, 0.29) is 17.9 Å². The Hall–Kier alpha value is -2.82. The predicted molar refractivity (Wildman–Crippen MR) is 98.5 cm³/mol. The molecule has 3 aromatic rings. The Kier molecular flexibility index (Phi) is 5.03. The number of hydrogen-bond donors (Lipinski definition) is 2. The molecule has 1 aromatic heterocycles. The molecule has 0 saturated carbocycles. The summed E-state index contributed by atoms with van der Waals surface area (Å²) >= 11 is 0. The molecule has 0 saturated heterocycles. The molecule has 25 heavy (non-hydrogen) atoms. The molecule has 0 aliphatic heterocycles. The Morgan fingerprint density at radius 3 is 2.52 bits per heavy atom. The van der Waals surface area contributed by atoms with Gasteiger partial charge in [0.1, 0.15) is 11.6 Å². The zero-order valence-corrected chi connectivity index (χ0v) is 14.7. The van der Waals surface area contributed by atoms with Gasteiger partial charge in [0.05, 0.1) is 30.6 Å². The smallest absolute Gasteiger partial charge is 0.225 e. The quantitative estimate of drug-likeness (QED) is 0.722. The van der Waals surface area contributed by atoms with E-state index >= 15 is 0 Å². The normalized spacial score (nSPS) is 12.3. The molecule has 0 bridgehead atoms. The standard InChI is InChI=1S/C20H23N3O2/c1-13(2)19(20-21-16-6-4-5-7-17(16)22-20)23-18(24)12-14-8-10-15(25-3)11-9-14/h4-11,13,19H,12H2,1-3H3,(H,21,22)(H,23,24)/t19-/m1/s1. The maximum atomic E-state index is 12.5. The van der Waals surface area contributed by atoms with E-state index in [4.69, 9.17) is 4.74 Å². The van der Waals surface area contributed by atoms with E-state index in [1.54, 1.807) is 7.11 Å². The lowest BCUT2D eigenvalue weighted by atomic mass is 10.0. The second-order valence-electron chi connectivity index (χ2n) is 6.45. The van der Waals surface area contributed by atoms with Crippen LogP contribution < -0.4 is 10.1 Å². The summed E-state index contributed by atoms with van der Waals surface area (Å²) in [6.45, 7) is 4.15. The third kappa shape index (κ3) is 3.99. The number of carbonyl (C=O) groups is 1. The Balaban J connectivity index is 1.73. The number of nitrogens with one attached hydrogen (secondary N) is 2. The van der Waals surface area contributed by atoms with Crippen molar-refractivity contribution in [2.45, 2.75) is 26.3 Å².